The minimum absolute atomic E-state index is 0.155. The van der Waals surface area contributed by atoms with Crippen LogP contribution < -0.4 is 10.6 Å². The van der Waals surface area contributed by atoms with Gasteiger partial charge in [-0.25, -0.2) is 23.7 Å². The van der Waals surface area contributed by atoms with Crippen molar-refractivity contribution in [1.29, 1.82) is 0 Å². The Hall–Kier alpha value is -2.77. The smallest absolute Gasteiger partial charge is 0.269 e. The van der Waals surface area contributed by atoms with Gasteiger partial charge in [0.05, 0.1) is 22.8 Å². The number of H-pyrrole nitrogens is 1. The van der Waals surface area contributed by atoms with Gasteiger partial charge in [0.15, 0.2) is 0 Å². The van der Waals surface area contributed by atoms with Gasteiger partial charge in [-0.05, 0) is 19.1 Å². The van der Waals surface area contributed by atoms with Crippen LogP contribution >= 0.6 is 0 Å². The number of nitrogens with zero attached hydrogens (tertiary/aromatic N) is 4. The molecule has 0 bridgehead atoms. The molecule has 24 heavy (non-hydrogen) atoms. The summed E-state index contributed by atoms with van der Waals surface area (Å²) in [5, 5.41) is 0.764. The molecule has 4 heterocycles. The number of rotatable bonds is 2. The summed E-state index contributed by atoms with van der Waals surface area (Å²) in [5.74, 6) is -2.54. The van der Waals surface area contributed by atoms with Gasteiger partial charge in [0.1, 0.15) is 5.65 Å². The first-order valence-corrected chi connectivity index (χ1v) is 7.67. The van der Waals surface area contributed by atoms with Gasteiger partial charge in [-0.3, -0.25) is 0 Å². The van der Waals surface area contributed by atoms with E-state index in [0.717, 1.165) is 16.6 Å². The molecule has 0 aliphatic carbocycles. The van der Waals surface area contributed by atoms with Crippen LogP contribution in [-0.4, -0.2) is 38.4 Å². The largest absolute Gasteiger partial charge is 0.368 e. The van der Waals surface area contributed by atoms with E-state index in [2.05, 4.69) is 19.9 Å². The molecule has 1 aliphatic heterocycles. The van der Waals surface area contributed by atoms with Crippen LogP contribution in [0.2, 0.25) is 0 Å². The minimum atomic E-state index is -2.70. The number of fused-ring (bicyclic) bond motifs is 1. The molecule has 0 saturated carbocycles. The van der Waals surface area contributed by atoms with Crippen molar-refractivity contribution in [3.63, 3.8) is 0 Å². The quantitative estimate of drug-likeness (QED) is 0.755. The van der Waals surface area contributed by atoms with Gasteiger partial charge in [0.2, 0.25) is 5.95 Å². The number of hydrogen-bond donors (Lipinski definition) is 2. The molecule has 8 heteroatoms. The van der Waals surface area contributed by atoms with Crippen LogP contribution in [-0.2, 0) is 0 Å². The van der Waals surface area contributed by atoms with Crippen LogP contribution in [0.15, 0.2) is 30.7 Å². The molecular formula is C16H16F2N6. The Kier molecular flexibility index (Phi) is 3.16. The predicted molar refractivity (Wildman–Crippen MR) is 87.9 cm³/mol. The second-order valence-corrected chi connectivity index (χ2v) is 5.94. The Balaban J connectivity index is 1.90. The fourth-order valence-electron chi connectivity index (χ4n) is 3.23. The number of nitrogen functional groups attached to an aromatic ring is 1. The molecule has 3 N–H and O–H groups in total. The average Bonchev–Trinajstić information content (AvgIpc) is 3.09. The normalized spacial score (nSPS) is 20.0. The van der Waals surface area contributed by atoms with Gasteiger partial charge in [0.25, 0.3) is 5.92 Å². The molecule has 3 aromatic heterocycles. The molecule has 1 saturated heterocycles. The number of nitrogens with one attached hydrogen (secondary N) is 1. The van der Waals surface area contributed by atoms with Crippen molar-refractivity contribution in [3.05, 3.63) is 30.7 Å². The lowest BCUT2D eigenvalue weighted by molar-refractivity contribution is -0.00175. The second-order valence-electron chi connectivity index (χ2n) is 5.94. The number of alkyl halides is 2. The summed E-state index contributed by atoms with van der Waals surface area (Å²) >= 11 is 0. The van der Waals surface area contributed by atoms with Crippen LogP contribution in [0.3, 0.4) is 0 Å². The number of anilines is 2. The molecule has 0 spiro atoms. The van der Waals surface area contributed by atoms with E-state index < -0.39 is 12.0 Å². The SMILES string of the molecule is C[C@H]1N(c2ccnc3[nH]cc(-c4ccnc(N)n4)c23)CCC1(F)F. The maximum Gasteiger partial charge on any atom is 0.269 e. The summed E-state index contributed by atoms with van der Waals surface area (Å²) in [6.07, 6.45) is 4.80. The zero-order valence-electron chi connectivity index (χ0n) is 13.0. The standard InChI is InChI=1S/C16H16F2N6/c1-9-16(17,18)4-7-24(9)12-3-6-20-14-13(12)10(8-22-14)11-2-5-21-15(19)23-11/h2-3,5-6,8-9H,4,7H2,1H3,(H,20,22)(H2,19,21,23)/t9-/m1/s1. The van der Waals surface area contributed by atoms with Crippen molar-refractivity contribution in [2.24, 2.45) is 0 Å². The number of nitrogens with two attached hydrogens (primary N) is 1. The number of aromatic amines is 1. The van der Waals surface area contributed by atoms with Gasteiger partial charge in [0, 0.05) is 37.1 Å². The van der Waals surface area contributed by atoms with E-state index in [0.29, 0.717) is 17.9 Å². The van der Waals surface area contributed by atoms with Gasteiger partial charge in [-0.1, -0.05) is 0 Å². The highest BCUT2D eigenvalue weighted by Crippen LogP contribution is 2.41. The number of halogens is 2. The average molecular weight is 330 g/mol. The predicted octanol–water partition coefficient (Wildman–Crippen LogP) is 2.84. The summed E-state index contributed by atoms with van der Waals surface area (Å²) in [5.41, 5.74) is 8.41. The Morgan fingerprint density at radius 1 is 1.29 bits per heavy atom. The molecular weight excluding hydrogens is 314 g/mol. The van der Waals surface area contributed by atoms with Crippen molar-refractivity contribution < 1.29 is 8.78 Å². The van der Waals surface area contributed by atoms with Crippen LogP contribution in [0.4, 0.5) is 20.4 Å². The topological polar surface area (TPSA) is 83.7 Å². The zero-order chi connectivity index (χ0) is 16.9. The Morgan fingerprint density at radius 2 is 2.08 bits per heavy atom. The fraction of sp³-hybridized carbons (Fsp3) is 0.312. The highest BCUT2D eigenvalue weighted by Gasteiger charge is 2.46. The summed E-state index contributed by atoms with van der Waals surface area (Å²) in [6.45, 7) is 1.85. The molecule has 0 radical (unpaired) electrons. The molecule has 124 valence electrons. The number of pyridine rings is 1. The first-order valence-electron chi connectivity index (χ1n) is 7.67. The fourth-order valence-corrected chi connectivity index (χ4v) is 3.23. The maximum atomic E-state index is 14.0. The molecule has 1 fully saturated rings. The van der Waals surface area contributed by atoms with Crippen molar-refractivity contribution >= 4 is 22.7 Å². The second kappa shape index (κ2) is 5.12. The third-order valence-corrected chi connectivity index (χ3v) is 4.58. The van der Waals surface area contributed by atoms with E-state index in [4.69, 9.17) is 5.73 Å². The first-order chi connectivity index (χ1) is 11.5. The summed E-state index contributed by atoms with van der Waals surface area (Å²) in [6, 6.07) is 2.63. The first kappa shape index (κ1) is 14.8. The molecule has 0 unspecified atom stereocenters. The zero-order valence-corrected chi connectivity index (χ0v) is 13.0. The van der Waals surface area contributed by atoms with E-state index in [-0.39, 0.29) is 12.4 Å². The third-order valence-electron chi connectivity index (χ3n) is 4.58. The van der Waals surface area contributed by atoms with Crippen LogP contribution in [0.5, 0.6) is 0 Å². The van der Waals surface area contributed by atoms with Crippen molar-refractivity contribution in [2.45, 2.75) is 25.3 Å². The molecule has 4 rings (SSSR count). The summed E-state index contributed by atoms with van der Waals surface area (Å²) < 4.78 is 27.9. The van der Waals surface area contributed by atoms with Crippen LogP contribution in [0.1, 0.15) is 13.3 Å². The van der Waals surface area contributed by atoms with E-state index in [1.165, 1.54) is 0 Å². The molecule has 6 nitrogen and oxygen atoms in total. The Morgan fingerprint density at radius 3 is 2.79 bits per heavy atom. The lowest BCUT2D eigenvalue weighted by atomic mass is 10.1. The maximum absolute atomic E-state index is 14.0. The van der Waals surface area contributed by atoms with Crippen LogP contribution in [0, 0.1) is 0 Å². The molecule has 0 amide bonds. The minimum Gasteiger partial charge on any atom is -0.368 e. The van der Waals surface area contributed by atoms with E-state index >= 15 is 0 Å². The van der Waals surface area contributed by atoms with E-state index in [1.54, 1.807) is 42.5 Å². The highest BCUT2D eigenvalue weighted by molar-refractivity contribution is 6.02. The van der Waals surface area contributed by atoms with Crippen molar-refractivity contribution in [2.75, 3.05) is 17.2 Å². The lowest BCUT2D eigenvalue weighted by Crippen LogP contribution is -2.36. The summed E-state index contributed by atoms with van der Waals surface area (Å²) in [4.78, 5) is 17.2. The van der Waals surface area contributed by atoms with E-state index in [1.807, 2.05) is 0 Å². The van der Waals surface area contributed by atoms with E-state index in [9.17, 15) is 8.78 Å². The monoisotopic (exact) mass is 330 g/mol. The molecule has 1 atom stereocenters. The molecule has 1 aliphatic rings. The molecule has 3 aromatic rings. The van der Waals surface area contributed by atoms with Gasteiger partial charge in [-0.15, -0.1) is 0 Å². The summed E-state index contributed by atoms with van der Waals surface area (Å²) in [7, 11) is 0. The van der Waals surface area contributed by atoms with Crippen LogP contribution in [0.25, 0.3) is 22.3 Å². The Labute approximate surface area is 136 Å². The van der Waals surface area contributed by atoms with Crippen molar-refractivity contribution in [3.8, 4) is 11.3 Å². The molecule has 0 aromatic carbocycles. The lowest BCUT2D eigenvalue weighted by Gasteiger charge is -2.26. The number of aromatic nitrogens is 4. The van der Waals surface area contributed by atoms with Crippen molar-refractivity contribution in [1.82, 2.24) is 19.9 Å². The van der Waals surface area contributed by atoms with Gasteiger partial charge < -0.3 is 15.6 Å². The van der Waals surface area contributed by atoms with Gasteiger partial charge >= 0.3 is 0 Å². The number of hydrogen-bond acceptors (Lipinski definition) is 5. The highest BCUT2D eigenvalue weighted by atomic mass is 19.3. The Bertz CT molecular complexity index is 906. The van der Waals surface area contributed by atoms with Gasteiger partial charge in [-0.2, -0.15) is 0 Å². The third kappa shape index (κ3) is 2.17.